The Hall–Kier alpha value is -3.83. The van der Waals surface area contributed by atoms with Gasteiger partial charge < -0.3 is 19.4 Å². The summed E-state index contributed by atoms with van der Waals surface area (Å²) in [5.74, 6) is 1.11. The first-order valence-corrected chi connectivity index (χ1v) is 13.5. The standard InChI is InChI=1S/C28H32FN7O3/c1-2-38-22-9-10-25-19(16-22)17-24(28(37)30-25)26(27-31-32-33-36(27)18-23-4-3-15-39-23)35-13-11-34(12-14-35)21-7-5-20(29)6-8-21/h5-10,16-17,23,26H,2-4,11-15,18H2,1H3,(H,30,37)/t23-,26+/m0/s1. The van der Waals surface area contributed by atoms with Crippen LogP contribution < -0.4 is 15.2 Å². The second-order valence-corrected chi connectivity index (χ2v) is 9.99. The van der Waals surface area contributed by atoms with Gasteiger partial charge in [0, 0.05) is 54.9 Å². The zero-order chi connectivity index (χ0) is 26.8. The van der Waals surface area contributed by atoms with E-state index in [9.17, 15) is 9.18 Å². The van der Waals surface area contributed by atoms with E-state index >= 15 is 0 Å². The number of piperazine rings is 1. The Morgan fingerprint density at radius 3 is 2.69 bits per heavy atom. The summed E-state index contributed by atoms with van der Waals surface area (Å²) in [4.78, 5) is 21.1. The number of rotatable bonds is 8. The van der Waals surface area contributed by atoms with Crippen molar-refractivity contribution in [2.45, 2.75) is 38.5 Å². The normalized spacial score (nSPS) is 19.0. The zero-order valence-corrected chi connectivity index (χ0v) is 21.9. The number of fused-ring (bicyclic) bond motifs is 1. The highest BCUT2D eigenvalue weighted by molar-refractivity contribution is 5.80. The summed E-state index contributed by atoms with van der Waals surface area (Å²) in [6.45, 7) is 6.55. The van der Waals surface area contributed by atoms with Crippen LogP contribution in [0.15, 0.2) is 53.3 Å². The Balaban J connectivity index is 1.36. The molecule has 2 aromatic heterocycles. The third-order valence-electron chi connectivity index (χ3n) is 7.53. The number of hydrogen-bond donors (Lipinski definition) is 1. The maximum atomic E-state index is 13.5. The summed E-state index contributed by atoms with van der Waals surface area (Å²) < 4.78 is 26.8. The second kappa shape index (κ2) is 11.1. The van der Waals surface area contributed by atoms with E-state index in [0.29, 0.717) is 37.6 Å². The van der Waals surface area contributed by atoms with Crippen molar-refractivity contribution in [3.63, 3.8) is 0 Å². The van der Waals surface area contributed by atoms with Crippen molar-refractivity contribution in [2.75, 3.05) is 44.3 Å². The molecule has 2 aliphatic heterocycles. The topological polar surface area (TPSA) is 101 Å². The van der Waals surface area contributed by atoms with Crippen molar-refractivity contribution in [1.29, 1.82) is 0 Å². The molecule has 6 rings (SSSR count). The van der Waals surface area contributed by atoms with Gasteiger partial charge in [-0.05, 0) is 78.7 Å². The van der Waals surface area contributed by atoms with Crippen molar-refractivity contribution in [2.24, 2.45) is 0 Å². The van der Waals surface area contributed by atoms with Gasteiger partial charge in [-0.2, -0.15) is 0 Å². The summed E-state index contributed by atoms with van der Waals surface area (Å²) in [6.07, 6.45) is 2.02. The first-order chi connectivity index (χ1) is 19.1. The highest BCUT2D eigenvalue weighted by Gasteiger charge is 2.33. The SMILES string of the molecule is CCOc1ccc2[nH]c(=O)c([C@H](c3nnnn3C[C@@H]3CCCO3)N3CCN(c4ccc(F)cc4)CC3)cc2c1. The van der Waals surface area contributed by atoms with Crippen LogP contribution in [0.3, 0.4) is 0 Å². The zero-order valence-electron chi connectivity index (χ0n) is 21.9. The first kappa shape index (κ1) is 25.4. The molecule has 0 aliphatic carbocycles. The molecule has 2 aliphatic rings. The average molecular weight is 534 g/mol. The number of hydrogen-bond acceptors (Lipinski definition) is 8. The van der Waals surface area contributed by atoms with Gasteiger partial charge in [0.1, 0.15) is 17.6 Å². The van der Waals surface area contributed by atoms with Crippen LogP contribution in [0, 0.1) is 5.82 Å². The van der Waals surface area contributed by atoms with E-state index in [1.54, 1.807) is 16.8 Å². The van der Waals surface area contributed by atoms with Crippen molar-refractivity contribution >= 4 is 16.6 Å². The number of H-pyrrole nitrogens is 1. The van der Waals surface area contributed by atoms with Gasteiger partial charge >= 0.3 is 0 Å². The van der Waals surface area contributed by atoms with Crippen molar-refractivity contribution < 1.29 is 13.9 Å². The molecule has 0 unspecified atom stereocenters. The Morgan fingerprint density at radius 1 is 1.13 bits per heavy atom. The number of nitrogens with zero attached hydrogens (tertiary/aromatic N) is 6. The molecule has 4 heterocycles. The van der Waals surface area contributed by atoms with Crippen LogP contribution >= 0.6 is 0 Å². The van der Waals surface area contributed by atoms with E-state index in [4.69, 9.17) is 9.47 Å². The summed E-state index contributed by atoms with van der Waals surface area (Å²) in [6, 6.07) is 13.7. The average Bonchev–Trinajstić information content (AvgIpc) is 3.63. The fraction of sp³-hybridized carbons (Fsp3) is 0.429. The monoisotopic (exact) mass is 533 g/mol. The number of tetrazole rings is 1. The fourth-order valence-corrected chi connectivity index (χ4v) is 5.57. The Kier molecular flexibility index (Phi) is 7.25. The van der Waals surface area contributed by atoms with Crippen LogP contribution in [0.25, 0.3) is 10.9 Å². The van der Waals surface area contributed by atoms with Crippen LogP contribution in [0.5, 0.6) is 5.75 Å². The number of nitrogens with one attached hydrogen (secondary N) is 1. The quantitative estimate of drug-likeness (QED) is 0.369. The maximum Gasteiger partial charge on any atom is 0.253 e. The molecular formula is C28H32FN7O3. The van der Waals surface area contributed by atoms with Gasteiger partial charge in [0.25, 0.3) is 5.56 Å². The van der Waals surface area contributed by atoms with E-state index in [1.807, 2.05) is 31.2 Å². The Bertz CT molecular complexity index is 1470. The van der Waals surface area contributed by atoms with Gasteiger partial charge in [-0.1, -0.05) is 0 Å². The van der Waals surface area contributed by atoms with Gasteiger partial charge in [-0.25, -0.2) is 9.07 Å². The number of pyridine rings is 1. The van der Waals surface area contributed by atoms with Gasteiger partial charge in [-0.15, -0.1) is 5.10 Å². The molecule has 0 bridgehead atoms. The third-order valence-corrected chi connectivity index (χ3v) is 7.53. The van der Waals surface area contributed by atoms with Gasteiger partial charge in [-0.3, -0.25) is 9.69 Å². The summed E-state index contributed by atoms with van der Waals surface area (Å²) in [5.41, 5.74) is 2.12. The van der Waals surface area contributed by atoms with Crippen LogP contribution in [-0.2, 0) is 11.3 Å². The summed E-state index contributed by atoms with van der Waals surface area (Å²) in [5, 5.41) is 13.6. The van der Waals surface area contributed by atoms with E-state index in [1.165, 1.54) is 12.1 Å². The second-order valence-electron chi connectivity index (χ2n) is 9.99. The highest BCUT2D eigenvalue weighted by atomic mass is 19.1. The molecule has 0 radical (unpaired) electrons. The van der Waals surface area contributed by atoms with Crippen LogP contribution in [0.4, 0.5) is 10.1 Å². The smallest absolute Gasteiger partial charge is 0.253 e. The lowest BCUT2D eigenvalue weighted by Gasteiger charge is -2.39. The molecule has 11 heteroatoms. The molecule has 10 nitrogen and oxygen atoms in total. The van der Waals surface area contributed by atoms with Gasteiger partial charge in [0.05, 0.1) is 19.3 Å². The lowest BCUT2D eigenvalue weighted by atomic mass is 10.0. The van der Waals surface area contributed by atoms with Crippen LogP contribution in [-0.4, -0.2) is 75.6 Å². The number of aromatic nitrogens is 5. The Labute approximate surface area is 225 Å². The number of anilines is 1. The predicted molar refractivity (Wildman–Crippen MR) is 145 cm³/mol. The summed E-state index contributed by atoms with van der Waals surface area (Å²) >= 11 is 0. The molecule has 0 amide bonds. The van der Waals surface area contributed by atoms with E-state index in [0.717, 1.165) is 54.9 Å². The maximum absolute atomic E-state index is 13.5. The minimum Gasteiger partial charge on any atom is -0.494 e. The predicted octanol–water partition coefficient (Wildman–Crippen LogP) is 3.14. The number of aromatic amines is 1. The molecule has 39 heavy (non-hydrogen) atoms. The molecule has 2 saturated heterocycles. The van der Waals surface area contributed by atoms with E-state index in [2.05, 4.69) is 30.3 Å². The molecule has 2 fully saturated rings. The number of ether oxygens (including phenoxy) is 2. The van der Waals surface area contributed by atoms with E-state index < -0.39 is 6.04 Å². The lowest BCUT2D eigenvalue weighted by molar-refractivity contribution is 0.0906. The van der Waals surface area contributed by atoms with Crippen molar-refractivity contribution in [3.05, 3.63) is 76.1 Å². The molecule has 0 saturated carbocycles. The summed E-state index contributed by atoms with van der Waals surface area (Å²) in [7, 11) is 0. The lowest BCUT2D eigenvalue weighted by Crippen LogP contribution is -2.49. The number of halogens is 1. The molecule has 204 valence electrons. The molecule has 0 spiro atoms. The molecule has 2 aromatic carbocycles. The minimum atomic E-state index is -0.458. The van der Waals surface area contributed by atoms with Crippen molar-refractivity contribution in [1.82, 2.24) is 30.1 Å². The minimum absolute atomic E-state index is 0.0480. The highest BCUT2D eigenvalue weighted by Crippen LogP contribution is 2.30. The molecule has 2 atom stereocenters. The number of benzene rings is 2. The fourth-order valence-electron chi connectivity index (χ4n) is 5.57. The third kappa shape index (κ3) is 5.37. The molecule has 1 N–H and O–H groups in total. The molecular weight excluding hydrogens is 501 g/mol. The largest absolute Gasteiger partial charge is 0.494 e. The van der Waals surface area contributed by atoms with Crippen LogP contribution in [0.1, 0.15) is 37.2 Å². The molecule has 4 aromatic rings. The first-order valence-electron chi connectivity index (χ1n) is 13.5. The van der Waals surface area contributed by atoms with Gasteiger partial charge in [0.15, 0.2) is 5.82 Å². The van der Waals surface area contributed by atoms with Crippen LogP contribution in [0.2, 0.25) is 0 Å². The Morgan fingerprint density at radius 2 is 1.95 bits per heavy atom. The van der Waals surface area contributed by atoms with Gasteiger partial charge in [0.2, 0.25) is 0 Å². The van der Waals surface area contributed by atoms with Crippen molar-refractivity contribution in [3.8, 4) is 5.75 Å². The van der Waals surface area contributed by atoms with E-state index in [-0.39, 0.29) is 17.5 Å².